The summed E-state index contributed by atoms with van der Waals surface area (Å²) < 4.78 is 30.6. The van der Waals surface area contributed by atoms with Crippen LogP contribution in [0.4, 0.5) is 11.4 Å². The highest BCUT2D eigenvalue weighted by atomic mass is 32.2. The number of hydrogen-bond donors (Lipinski definition) is 0. The van der Waals surface area contributed by atoms with Crippen LogP contribution in [0.2, 0.25) is 0 Å². The number of sulfone groups is 1. The summed E-state index contributed by atoms with van der Waals surface area (Å²) in [4.78, 5) is 27.1. The SMILES string of the molecule is O=C(c1ccc(CS(=O)(=O)c2ccccc2)o1)N1CCN(c2ccc([N+](=O)[O-])cc2)CC1. The number of nitro groups is 1. The molecular weight excluding hydrogens is 434 g/mol. The normalized spacial score (nSPS) is 14.4. The van der Waals surface area contributed by atoms with Crippen LogP contribution in [0.1, 0.15) is 16.3 Å². The minimum Gasteiger partial charge on any atom is -0.455 e. The van der Waals surface area contributed by atoms with E-state index in [1.807, 2.05) is 4.90 Å². The van der Waals surface area contributed by atoms with Crippen LogP contribution < -0.4 is 4.90 Å². The predicted molar refractivity (Wildman–Crippen MR) is 117 cm³/mol. The fraction of sp³-hybridized carbons (Fsp3) is 0.227. The maximum Gasteiger partial charge on any atom is 0.289 e. The number of hydrogen-bond acceptors (Lipinski definition) is 7. The number of carbonyl (C=O) groups excluding carboxylic acids is 1. The summed E-state index contributed by atoms with van der Waals surface area (Å²) in [5.74, 6) is -0.302. The van der Waals surface area contributed by atoms with E-state index in [1.54, 1.807) is 35.2 Å². The van der Waals surface area contributed by atoms with Crippen molar-refractivity contribution in [2.75, 3.05) is 31.1 Å². The van der Waals surface area contributed by atoms with Gasteiger partial charge in [0, 0.05) is 44.0 Å². The van der Waals surface area contributed by atoms with E-state index in [2.05, 4.69) is 0 Å². The summed E-state index contributed by atoms with van der Waals surface area (Å²) in [5, 5.41) is 10.8. The van der Waals surface area contributed by atoms with Gasteiger partial charge in [-0.25, -0.2) is 8.42 Å². The molecule has 1 aromatic heterocycles. The van der Waals surface area contributed by atoms with Gasteiger partial charge in [-0.15, -0.1) is 0 Å². The molecule has 0 spiro atoms. The molecule has 10 heteroatoms. The summed E-state index contributed by atoms with van der Waals surface area (Å²) >= 11 is 0. The average molecular weight is 455 g/mol. The molecular formula is C22H21N3O6S. The molecule has 1 saturated heterocycles. The van der Waals surface area contributed by atoms with Crippen molar-refractivity contribution in [2.24, 2.45) is 0 Å². The van der Waals surface area contributed by atoms with Crippen molar-refractivity contribution in [3.8, 4) is 0 Å². The number of non-ortho nitro benzene ring substituents is 1. The maximum atomic E-state index is 12.8. The zero-order chi connectivity index (χ0) is 22.7. The zero-order valence-electron chi connectivity index (χ0n) is 17.1. The molecule has 166 valence electrons. The molecule has 1 aliphatic heterocycles. The molecule has 32 heavy (non-hydrogen) atoms. The highest BCUT2D eigenvalue weighted by molar-refractivity contribution is 7.90. The number of rotatable bonds is 6. The smallest absolute Gasteiger partial charge is 0.289 e. The molecule has 3 aromatic rings. The second kappa shape index (κ2) is 8.83. The van der Waals surface area contributed by atoms with Gasteiger partial charge in [0.15, 0.2) is 15.6 Å². The Bertz CT molecular complexity index is 1210. The molecule has 1 fully saturated rings. The van der Waals surface area contributed by atoms with Crippen molar-refractivity contribution in [3.63, 3.8) is 0 Å². The summed E-state index contributed by atoms with van der Waals surface area (Å²) in [6.45, 7) is 2.04. The minimum atomic E-state index is -3.56. The molecule has 0 radical (unpaired) electrons. The van der Waals surface area contributed by atoms with Gasteiger partial charge >= 0.3 is 0 Å². The van der Waals surface area contributed by atoms with Crippen molar-refractivity contribution in [1.29, 1.82) is 0 Å². The number of nitro benzene ring substituents is 1. The van der Waals surface area contributed by atoms with E-state index in [-0.39, 0.29) is 33.8 Å². The van der Waals surface area contributed by atoms with Gasteiger partial charge in [0.25, 0.3) is 11.6 Å². The Morgan fingerprint density at radius 3 is 2.22 bits per heavy atom. The van der Waals surface area contributed by atoms with Crippen LogP contribution in [0.15, 0.2) is 76.0 Å². The van der Waals surface area contributed by atoms with Crippen LogP contribution in [-0.2, 0) is 15.6 Å². The lowest BCUT2D eigenvalue weighted by Gasteiger charge is -2.35. The second-order valence-electron chi connectivity index (χ2n) is 7.39. The van der Waals surface area contributed by atoms with Crippen LogP contribution in [0.25, 0.3) is 0 Å². The number of furan rings is 1. The van der Waals surface area contributed by atoms with Gasteiger partial charge in [0.1, 0.15) is 11.5 Å². The number of piperazine rings is 1. The van der Waals surface area contributed by atoms with Gasteiger partial charge in [-0.05, 0) is 36.4 Å². The molecule has 0 saturated carbocycles. The molecule has 1 amide bonds. The number of nitrogens with zero attached hydrogens (tertiary/aromatic N) is 3. The van der Waals surface area contributed by atoms with Gasteiger partial charge < -0.3 is 14.2 Å². The molecule has 0 N–H and O–H groups in total. The van der Waals surface area contributed by atoms with Crippen molar-refractivity contribution in [2.45, 2.75) is 10.6 Å². The fourth-order valence-electron chi connectivity index (χ4n) is 3.58. The third kappa shape index (κ3) is 4.65. The monoisotopic (exact) mass is 455 g/mol. The summed E-state index contributed by atoms with van der Waals surface area (Å²) in [7, 11) is -3.56. The van der Waals surface area contributed by atoms with Crippen LogP contribution in [-0.4, -0.2) is 50.3 Å². The summed E-state index contributed by atoms with van der Waals surface area (Å²) in [5.41, 5.74) is 0.888. The molecule has 2 heterocycles. The lowest BCUT2D eigenvalue weighted by Crippen LogP contribution is -2.48. The second-order valence-corrected chi connectivity index (χ2v) is 9.38. The van der Waals surface area contributed by atoms with E-state index < -0.39 is 14.8 Å². The van der Waals surface area contributed by atoms with Gasteiger partial charge in [0.05, 0.1) is 9.82 Å². The van der Waals surface area contributed by atoms with Gasteiger partial charge in [0.2, 0.25) is 0 Å². The molecule has 0 aliphatic carbocycles. The standard InChI is InChI=1S/C22H21N3O6S/c26-22(21-11-10-19(31-21)16-32(29,30)20-4-2-1-3-5-20)24-14-12-23(13-15-24)17-6-8-18(9-7-17)25(27)28/h1-11H,12-16H2. The number of anilines is 1. The van der Waals surface area contributed by atoms with E-state index in [0.717, 1.165) is 5.69 Å². The molecule has 2 aromatic carbocycles. The summed E-state index contributed by atoms with van der Waals surface area (Å²) in [6, 6.07) is 17.4. The summed E-state index contributed by atoms with van der Waals surface area (Å²) in [6.07, 6.45) is 0. The fourth-order valence-corrected chi connectivity index (χ4v) is 4.85. The topological polar surface area (TPSA) is 114 Å². The van der Waals surface area contributed by atoms with E-state index >= 15 is 0 Å². The first kappa shape index (κ1) is 21.6. The van der Waals surface area contributed by atoms with Gasteiger partial charge in [-0.1, -0.05) is 18.2 Å². The van der Waals surface area contributed by atoms with Gasteiger partial charge in [-0.2, -0.15) is 0 Å². The Morgan fingerprint density at radius 1 is 0.938 bits per heavy atom. The third-order valence-corrected chi connectivity index (χ3v) is 6.95. The highest BCUT2D eigenvalue weighted by Crippen LogP contribution is 2.22. The number of benzene rings is 2. The van der Waals surface area contributed by atoms with Crippen molar-refractivity contribution >= 4 is 27.1 Å². The lowest BCUT2D eigenvalue weighted by molar-refractivity contribution is -0.384. The zero-order valence-corrected chi connectivity index (χ0v) is 17.9. The van der Waals surface area contributed by atoms with Gasteiger partial charge in [-0.3, -0.25) is 14.9 Å². The van der Waals surface area contributed by atoms with Crippen LogP contribution in [0.3, 0.4) is 0 Å². The average Bonchev–Trinajstić information content (AvgIpc) is 3.27. The molecule has 1 aliphatic rings. The first-order chi connectivity index (χ1) is 15.3. The van der Waals surface area contributed by atoms with E-state index in [0.29, 0.717) is 26.2 Å². The Morgan fingerprint density at radius 2 is 1.59 bits per heavy atom. The minimum absolute atomic E-state index is 0.0328. The lowest BCUT2D eigenvalue weighted by atomic mass is 10.2. The van der Waals surface area contributed by atoms with Crippen LogP contribution in [0, 0.1) is 10.1 Å². The quantitative estimate of drug-likeness (QED) is 0.414. The Labute approximate surface area is 184 Å². The molecule has 0 unspecified atom stereocenters. The van der Waals surface area contributed by atoms with E-state index in [1.165, 1.54) is 36.4 Å². The molecule has 0 bridgehead atoms. The van der Waals surface area contributed by atoms with Crippen LogP contribution >= 0.6 is 0 Å². The van der Waals surface area contributed by atoms with Crippen LogP contribution in [0.5, 0.6) is 0 Å². The maximum absolute atomic E-state index is 12.8. The molecule has 0 atom stereocenters. The predicted octanol–water partition coefficient (Wildman–Crippen LogP) is 3.12. The number of amides is 1. The van der Waals surface area contributed by atoms with E-state index in [4.69, 9.17) is 4.42 Å². The largest absolute Gasteiger partial charge is 0.455 e. The molecule has 4 rings (SSSR count). The van der Waals surface area contributed by atoms with E-state index in [9.17, 15) is 23.3 Å². The Balaban J connectivity index is 1.37. The van der Waals surface area contributed by atoms with Crippen molar-refractivity contribution in [3.05, 3.63) is 88.4 Å². The highest BCUT2D eigenvalue weighted by Gasteiger charge is 2.26. The third-order valence-electron chi connectivity index (χ3n) is 5.30. The Hall–Kier alpha value is -3.66. The number of carbonyl (C=O) groups is 1. The van der Waals surface area contributed by atoms with Crippen molar-refractivity contribution < 1.29 is 22.6 Å². The Kier molecular flexibility index (Phi) is 5.95. The van der Waals surface area contributed by atoms with Crippen molar-refractivity contribution in [1.82, 2.24) is 4.90 Å². The first-order valence-electron chi connectivity index (χ1n) is 9.99. The first-order valence-corrected chi connectivity index (χ1v) is 11.6. The molecule has 9 nitrogen and oxygen atoms in total.